The highest BCUT2D eigenvalue weighted by Gasteiger charge is 2.28. The van der Waals surface area contributed by atoms with E-state index in [1.54, 1.807) is 12.3 Å². The molecule has 0 atom stereocenters. The molecule has 0 bridgehead atoms. The summed E-state index contributed by atoms with van der Waals surface area (Å²) in [4.78, 5) is 17.3. The summed E-state index contributed by atoms with van der Waals surface area (Å²) in [5.74, 6) is 1.56. The summed E-state index contributed by atoms with van der Waals surface area (Å²) < 4.78 is 27.0. The third kappa shape index (κ3) is 3.93. The summed E-state index contributed by atoms with van der Waals surface area (Å²) >= 11 is 0. The number of furan rings is 1. The number of fused-ring (bicyclic) bond motifs is 2. The predicted octanol–water partition coefficient (Wildman–Crippen LogP) is 3.53. The number of rotatable bonds is 4. The second-order valence-corrected chi connectivity index (χ2v) is 9.78. The maximum Gasteiger partial charge on any atom is 0.195 e. The minimum atomic E-state index is -0.342. The molecule has 6 rings (SSSR count). The van der Waals surface area contributed by atoms with Gasteiger partial charge in [0.2, 0.25) is 0 Å². The number of hydrogen-bond donors (Lipinski definition) is 2. The summed E-state index contributed by atoms with van der Waals surface area (Å²) in [6.45, 7) is 10.6. The number of nitrogens with one attached hydrogen (secondary N) is 2. The van der Waals surface area contributed by atoms with Crippen LogP contribution in [0, 0.1) is 5.82 Å². The maximum atomic E-state index is 15.1. The molecule has 2 aliphatic rings. The molecule has 2 aliphatic heterocycles. The van der Waals surface area contributed by atoms with Gasteiger partial charge in [-0.1, -0.05) is 0 Å². The molecule has 0 aliphatic carbocycles. The average Bonchev–Trinajstić information content (AvgIpc) is 3.44. The van der Waals surface area contributed by atoms with Gasteiger partial charge >= 0.3 is 0 Å². The number of benzene rings is 1. The van der Waals surface area contributed by atoms with Gasteiger partial charge in [0.05, 0.1) is 25.3 Å². The van der Waals surface area contributed by atoms with Crippen LogP contribution in [0.3, 0.4) is 0 Å². The van der Waals surface area contributed by atoms with Crippen molar-refractivity contribution in [2.75, 3.05) is 50.8 Å². The Balaban J connectivity index is 1.45. The van der Waals surface area contributed by atoms with Gasteiger partial charge in [-0.2, -0.15) is 0 Å². The van der Waals surface area contributed by atoms with E-state index in [-0.39, 0.29) is 11.4 Å². The van der Waals surface area contributed by atoms with Crippen molar-refractivity contribution in [1.82, 2.24) is 25.2 Å². The van der Waals surface area contributed by atoms with Crippen LogP contribution >= 0.6 is 0 Å². The lowest BCUT2D eigenvalue weighted by molar-refractivity contribution is 0.122. The van der Waals surface area contributed by atoms with E-state index in [1.165, 1.54) is 6.07 Å². The largest absolute Gasteiger partial charge is 0.454 e. The second-order valence-electron chi connectivity index (χ2n) is 9.78. The van der Waals surface area contributed by atoms with E-state index in [0.29, 0.717) is 61.2 Å². The van der Waals surface area contributed by atoms with Gasteiger partial charge in [0.25, 0.3) is 0 Å². The number of aromatic nitrogens is 3. The summed E-state index contributed by atoms with van der Waals surface area (Å²) in [7, 11) is 0. The highest BCUT2D eigenvalue weighted by molar-refractivity contribution is 5.96. The van der Waals surface area contributed by atoms with Crippen molar-refractivity contribution < 1.29 is 13.5 Å². The van der Waals surface area contributed by atoms with E-state index >= 15 is 4.39 Å². The van der Waals surface area contributed by atoms with Gasteiger partial charge in [-0.3, -0.25) is 4.90 Å². The summed E-state index contributed by atoms with van der Waals surface area (Å²) in [6, 6.07) is 7.04. The molecule has 2 saturated heterocycles. The van der Waals surface area contributed by atoms with Crippen LogP contribution in [0.4, 0.5) is 10.2 Å². The van der Waals surface area contributed by atoms with Crippen LogP contribution in [0.2, 0.25) is 0 Å². The lowest BCUT2D eigenvalue weighted by Gasteiger charge is -2.38. The fraction of sp³-hybridized carbons (Fsp3) is 0.440. The Labute approximate surface area is 197 Å². The van der Waals surface area contributed by atoms with Crippen LogP contribution in [0.25, 0.3) is 33.4 Å². The van der Waals surface area contributed by atoms with Crippen molar-refractivity contribution in [3.63, 3.8) is 0 Å². The zero-order valence-electron chi connectivity index (χ0n) is 19.5. The molecule has 2 fully saturated rings. The molecule has 3 aromatic heterocycles. The third-order valence-corrected chi connectivity index (χ3v) is 6.65. The number of aromatic amines is 1. The number of anilines is 1. The maximum absolute atomic E-state index is 15.1. The fourth-order valence-corrected chi connectivity index (χ4v) is 5.08. The Kier molecular flexibility index (Phi) is 5.28. The first kappa shape index (κ1) is 21.5. The Morgan fingerprint density at radius 2 is 1.97 bits per heavy atom. The topological polar surface area (TPSA) is 82.5 Å². The van der Waals surface area contributed by atoms with E-state index in [1.807, 2.05) is 12.1 Å². The fourth-order valence-electron chi connectivity index (χ4n) is 5.08. The molecule has 178 valence electrons. The van der Waals surface area contributed by atoms with Crippen molar-refractivity contribution >= 4 is 27.8 Å². The van der Waals surface area contributed by atoms with E-state index in [0.717, 1.165) is 36.3 Å². The van der Waals surface area contributed by atoms with Crippen molar-refractivity contribution in [3.8, 4) is 11.4 Å². The van der Waals surface area contributed by atoms with Gasteiger partial charge in [-0.15, -0.1) is 0 Å². The molecule has 0 spiro atoms. The van der Waals surface area contributed by atoms with Crippen LogP contribution in [-0.2, 0) is 11.3 Å². The standard InChI is InChI=1S/C25H29FN6O2/c1-25(2)15-31(8-7-28-25)14-16-13-20-22(34-16)24(32-9-11-33-12-10-32)30-23(29-20)21-17-5-6-27-19(17)4-3-18(21)26/h3-6,13,27-28H,7-12,14-15H2,1-2H3. The monoisotopic (exact) mass is 464 g/mol. The number of nitrogens with zero attached hydrogens (tertiary/aromatic N) is 4. The molecule has 9 heteroatoms. The molecular weight excluding hydrogens is 435 g/mol. The van der Waals surface area contributed by atoms with E-state index in [2.05, 4.69) is 33.9 Å². The van der Waals surface area contributed by atoms with Crippen molar-refractivity contribution in [1.29, 1.82) is 0 Å². The van der Waals surface area contributed by atoms with Crippen LogP contribution in [0.1, 0.15) is 19.6 Å². The molecule has 0 unspecified atom stereocenters. The minimum absolute atomic E-state index is 0.0585. The molecule has 4 aromatic rings. The molecule has 34 heavy (non-hydrogen) atoms. The number of hydrogen-bond acceptors (Lipinski definition) is 7. The normalized spacial score (nSPS) is 19.3. The number of piperazine rings is 1. The Morgan fingerprint density at radius 3 is 2.79 bits per heavy atom. The summed E-state index contributed by atoms with van der Waals surface area (Å²) in [5, 5.41) is 4.31. The smallest absolute Gasteiger partial charge is 0.195 e. The highest BCUT2D eigenvalue weighted by atomic mass is 19.1. The van der Waals surface area contributed by atoms with Crippen molar-refractivity contribution in [3.05, 3.63) is 42.0 Å². The first-order valence-corrected chi connectivity index (χ1v) is 11.8. The van der Waals surface area contributed by atoms with Crippen molar-refractivity contribution in [2.45, 2.75) is 25.9 Å². The molecule has 8 nitrogen and oxygen atoms in total. The van der Waals surface area contributed by atoms with Crippen LogP contribution in [-0.4, -0.2) is 71.3 Å². The third-order valence-electron chi connectivity index (χ3n) is 6.65. The van der Waals surface area contributed by atoms with Crippen LogP contribution in [0.15, 0.2) is 34.9 Å². The zero-order chi connectivity index (χ0) is 23.3. The number of ether oxygens (including phenoxy) is 1. The minimum Gasteiger partial charge on any atom is -0.454 e. The Bertz CT molecular complexity index is 1340. The number of morpholine rings is 1. The first-order chi connectivity index (χ1) is 16.5. The SMILES string of the molecule is CC1(C)CN(Cc2cc3nc(-c4c(F)ccc5[nH]ccc45)nc(N4CCOCC4)c3o2)CCN1. The molecule has 0 radical (unpaired) electrons. The summed E-state index contributed by atoms with van der Waals surface area (Å²) in [5.41, 5.74) is 2.66. The van der Waals surface area contributed by atoms with E-state index in [4.69, 9.17) is 19.1 Å². The molecule has 1 aromatic carbocycles. The van der Waals surface area contributed by atoms with Crippen LogP contribution < -0.4 is 10.2 Å². The number of H-pyrrole nitrogens is 1. The lowest BCUT2D eigenvalue weighted by atomic mass is 10.0. The molecule has 2 N–H and O–H groups in total. The number of halogens is 1. The Morgan fingerprint density at radius 1 is 1.12 bits per heavy atom. The molecule has 0 amide bonds. The lowest BCUT2D eigenvalue weighted by Crippen LogP contribution is -2.56. The average molecular weight is 465 g/mol. The molecule has 0 saturated carbocycles. The Hall–Kier alpha value is -3.01. The van der Waals surface area contributed by atoms with Gasteiger partial charge in [0.15, 0.2) is 17.2 Å². The van der Waals surface area contributed by atoms with Gasteiger partial charge in [0, 0.05) is 61.4 Å². The van der Waals surface area contributed by atoms with E-state index < -0.39 is 0 Å². The van der Waals surface area contributed by atoms with E-state index in [9.17, 15) is 0 Å². The summed E-state index contributed by atoms with van der Waals surface area (Å²) in [6.07, 6.45) is 1.81. The van der Waals surface area contributed by atoms with Crippen molar-refractivity contribution in [2.24, 2.45) is 0 Å². The molecular formula is C25H29FN6O2. The van der Waals surface area contributed by atoms with Gasteiger partial charge in [0.1, 0.15) is 17.1 Å². The quantitative estimate of drug-likeness (QED) is 0.478. The second kappa shape index (κ2) is 8.33. The van der Waals surface area contributed by atoms with Crippen LogP contribution in [0.5, 0.6) is 0 Å². The van der Waals surface area contributed by atoms with Gasteiger partial charge in [-0.05, 0) is 32.0 Å². The molecule has 5 heterocycles. The zero-order valence-corrected chi connectivity index (χ0v) is 19.5. The van der Waals surface area contributed by atoms with Gasteiger partial charge in [-0.25, -0.2) is 14.4 Å². The first-order valence-electron chi connectivity index (χ1n) is 11.8. The highest BCUT2D eigenvalue weighted by Crippen LogP contribution is 2.35. The predicted molar refractivity (Wildman–Crippen MR) is 129 cm³/mol. The van der Waals surface area contributed by atoms with Gasteiger partial charge < -0.3 is 24.4 Å².